The molecule has 0 saturated carbocycles. The molecule has 1 aromatic heterocycles. The Bertz CT molecular complexity index is 925. The molecule has 0 aliphatic carbocycles. The number of amides is 3. The number of carbonyl (C=O) groups is 4. The molecule has 0 saturated heterocycles. The van der Waals surface area contributed by atoms with Crippen molar-refractivity contribution in [3.8, 4) is 0 Å². The van der Waals surface area contributed by atoms with Gasteiger partial charge in [0.25, 0.3) is 0 Å². The second kappa shape index (κ2) is 10.4. The molecular weight excluding hydrogens is 394 g/mol. The second-order valence-electron chi connectivity index (χ2n) is 6.77. The van der Waals surface area contributed by atoms with Crippen LogP contribution in [0.1, 0.15) is 12.5 Å². The van der Waals surface area contributed by atoms with E-state index in [1.54, 1.807) is 6.20 Å². The number of H-pyrrole nitrogens is 1. The Hall–Kier alpha value is -3.44. The first-order valence-electron chi connectivity index (χ1n) is 9.24. The molecule has 0 fully saturated rings. The Kier molecular flexibility index (Phi) is 7.90. The Morgan fingerprint density at radius 3 is 2.37 bits per heavy atom. The molecule has 0 bridgehead atoms. The van der Waals surface area contributed by atoms with Crippen LogP contribution in [0.2, 0.25) is 0 Å². The number of nitrogens with two attached hydrogens (primary N) is 1. The number of aliphatic hydroxyl groups is 1. The molecule has 30 heavy (non-hydrogen) atoms. The quantitative estimate of drug-likeness (QED) is 0.237. The van der Waals surface area contributed by atoms with Crippen molar-refractivity contribution in [3.05, 3.63) is 36.0 Å². The molecule has 3 unspecified atom stereocenters. The lowest BCUT2D eigenvalue weighted by Crippen LogP contribution is -2.57. The van der Waals surface area contributed by atoms with Crippen molar-refractivity contribution < 1.29 is 29.4 Å². The van der Waals surface area contributed by atoms with E-state index >= 15 is 0 Å². The zero-order valence-electron chi connectivity index (χ0n) is 16.3. The number of aliphatic hydroxyl groups excluding tert-OH is 1. The van der Waals surface area contributed by atoms with Gasteiger partial charge in [0.05, 0.1) is 12.6 Å². The number of benzene rings is 1. The molecule has 162 valence electrons. The molecule has 2 rings (SSSR count). The number of hydrogen-bond donors (Lipinski definition) is 7. The lowest BCUT2D eigenvalue weighted by molar-refractivity contribution is -0.138. The Balaban J connectivity index is 2.20. The number of aromatic nitrogens is 1. The summed E-state index contributed by atoms with van der Waals surface area (Å²) in [6.07, 6.45) is 1.75. The van der Waals surface area contributed by atoms with Crippen molar-refractivity contribution in [3.63, 3.8) is 0 Å². The number of para-hydroxylation sites is 1. The third kappa shape index (κ3) is 6.03. The van der Waals surface area contributed by atoms with E-state index in [9.17, 15) is 24.3 Å². The van der Waals surface area contributed by atoms with Crippen LogP contribution in [-0.4, -0.2) is 70.2 Å². The summed E-state index contributed by atoms with van der Waals surface area (Å²) in [6.45, 7) is 0.0889. The molecule has 0 radical (unpaired) electrons. The van der Waals surface area contributed by atoms with Crippen molar-refractivity contribution in [1.29, 1.82) is 0 Å². The zero-order valence-corrected chi connectivity index (χ0v) is 16.3. The van der Waals surface area contributed by atoms with E-state index in [-0.39, 0.29) is 6.42 Å². The van der Waals surface area contributed by atoms with Gasteiger partial charge in [0.15, 0.2) is 0 Å². The van der Waals surface area contributed by atoms with Gasteiger partial charge in [-0.3, -0.25) is 19.2 Å². The van der Waals surface area contributed by atoms with Gasteiger partial charge in [-0.15, -0.1) is 0 Å². The first-order chi connectivity index (χ1) is 14.2. The van der Waals surface area contributed by atoms with Crippen LogP contribution in [0.15, 0.2) is 30.5 Å². The van der Waals surface area contributed by atoms with Crippen LogP contribution in [0.3, 0.4) is 0 Å². The monoisotopic (exact) mass is 419 g/mol. The molecule has 1 aromatic carbocycles. The fourth-order valence-electron chi connectivity index (χ4n) is 2.79. The van der Waals surface area contributed by atoms with Gasteiger partial charge in [-0.25, -0.2) is 0 Å². The lowest BCUT2D eigenvalue weighted by Gasteiger charge is -2.22. The van der Waals surface area contributed by atoms with E-state index in [2.05, 4.69) is 20.9 Å². The largest absolute Gasteiger partial charge is 0.480 e. The normalized spacial score (nSPS) is 13.8. The average molecular weight is 419 g/mol. The molecule has 3 amide bonds. The van der Waals surface area contributed by atoms with E-state index in [0.717, 1.165) is 16.5 Å². The van der Waals surface area contributed by atoms with Gasteiger partial charge in [-0.05, 0) is 18.6 Å². The molecule has 11 heteroatoms. The number of fused-ring (bicyclic) bond motifs is 1. The second-order valence-corrected chi connectivity index (χ2v) is 6.77. The number of carboxylic acid groups (broad SMARTS) is 1. The van der Waals surface area contributed by atoms with Crippen LogP contribution in [-0.2, 0) is 25.6 Å². The molecule has 0 aliphatic heterocycles. The fourth-order valence-corrected chi connectivity index (χ4v) is 2.79. The Morgan fingerprint density at radius 1 is 1.07 bits per heavy atom. The highest BCUT2D eigenvalue weighted by molar-refractivity contribution is 5.94. The predicted molar refractivity (Wildman–Crippen MR) is 107 cm³/mol. The number of aromatic amines is 1. The molecular formula is C19H25N5O6. The van der Waals surface area contributed by atoms with Crippen LogP contribution in [0.5, 0.6) is 0 Å². The summed E-state index contributed by atoms with van der Waals surface area (Å²) in [7, 11) is 0. The number of carboxylic acids is 1. The van der Waals surface area contributed by atoms with Crippen molar-refractivity contribution in [2.45, 2.75) is 31.5 Å². The molecule has 0 spiro atoms. The summed E-state index contributed by atoms with van der Waals surface area (Å²) < 4.78 is 0. The van der Waals surface area contributed by atoms with Gasteiger partial charge < -0.3 is 36.9 Å². The van der Waals surface area contributed by atoms with Gasteiger partial charge in [0.1, 0.15) is 18.6 Å². The first kappa shape index (κ1) is 22.8. The highest BCUT2D eigenvalue weighted by Gasteiger charge is 2.28. The molecule has 3 atom stereocenters. The molecule has 2 aromatic rings. The molecule has 1 heterocycles. The van der Waals surface area contributed by atoms with Gasteiger partial charge in [0.2, 0.25) is 17.7 Å². The fraction of sp³-hybridized carbons (Fsp3) is 0.368. The summed E-state index contributed by atoms with van der Waals surface area (Å²) in [5.74, 6) is -3.40. The number of rotatable bonds is 10. The number of nitrogens with one attached hydrogen (secondary N) is 4. The van der Waals surface area contributed by atoms with E-state index in [1.807, 2.05) is 24.3 Å². The maximum Gasteiger partial charge on any atom is 0.322 e. The number of hydrogen-bond acceptors (Lipinski definition) is 6. The third-order valence-corrected chi connectivity index (χ3v) is 4.37. The maximum atomic E-state index is 12.5. The standard InChI is InChI=1S/C19H25N5O6/c1-10(20)17(28)24-15(9-25)19(30)23-14(18(29)22-8-16(26)27)6-11-7-21-13-5-3-2-4-12(11)13/h2-5,7,10,14-15,21,25H,6,8-9,20H2,1H3,(H,22,29)(H,23,30)(H,24,28)(H,26,27). The molecule has 11 nitrogen and oxygen atoms in total. The minimum Gasteiger partial charge on any atom is -0.480 e. The molecule has 0 aliphatic rings. The Labute approximate surface area is 172 Å². The van der Waals surface area contributed by atoms with Crippen molar-refractivity contribution in [2.24, 2.45) is 5.73 Å². The lowest BCUT2D eigenvalue weighted by atomic mass is 10.0. The first-order valence-corrected chi connectivity index (χ1v) is 9.24. The van der Waals surface area contributed by atoms with Crippen molar-refractivity contribution in [2.75, 3.05) is 13.2 Å². The van der Waals surface area contributed by atoms with Crippen LogP contribution in [0, 0.1) is 0 Å². The van der Waals surface area contributed by atoms with Gasteiger partial charge in [-0.1, -0.05) is 18.2 Å². The van der Waals surface area contributed by atoms with Crippen LogP contribution in [0.4, 0.5) is 0 Å². The van der Waals surface area contributed by atoms with Crippen molar-refractivity contribution >= 4 is 34.6 Å². The summed E-state index contributed by atoms with van der Waals surface area (Å²) in [4.78, 5) is 50.6. The van der Waals surface area contributed by atoms with Crippen LogP contribution >= 0.6 is 0 Å². The predicted octanol–water partition coefficient (Wildman–Crippen LogP) is -1.78. The summed E-state index contributed by atoms with van der Waals surface area (Å²) in [5, 5.41) is 26.1. The van der Waals surface area contributed by atoms with E-state index in [4.69, 9.17) is 10.8 Å². The zero-order chi connectivity index (χ0) is 22.3. The maximum absolute atomic E-state index is 12.5. The van der Waals surface area contributed by atoms with Gasteiger partial charge in [-0.2, -0.15) is 0 Å². The minimum atomic E-state index is -1.32. The summed E-state index contributed by atoms with van der Waals surface area (Å²) in [5.41, 5.74) is 7.01. The molecule has 8 N–H and O–H groups in total. The van der Waals surface area contributed by atoms with Crippen molar-refractivity contribution in [1.82, 2.24) is 20.9 Å². The van der Waals surface area contributed by atoms with Crippen LogP contribution < -0.4 is 21.7 Å². The Morgan fingerprint density at radius 2 is 1.73 bits per heavy atom. The van der Waals surface area contributed by atoms with E-state index in [1.165, 1.54) is 6.92 Å². The highest BCUT2D eigenvalue weighted by Crippen LogP contribution is 2.19. The third-order valence-electron chi connectivity index (χ3n) is 4.37. The smallest absolute Gasteiger partial charge is 0.322 e. The minimum absolute atomic E-state index is 0.0561. The summed E-state index contributed by atoms with van der Waals surface area (Å²) in [6, 6.07) is 4.00. The average Bonchev–Trinajstić information content (AvgIpc) is 3.12. The van der Waals surface area contributed by atoms with E-state index in [0.29, 0.717) is 0 Å². The topological polar surface area (TPSA) is 187 Å². The van der Waals surface area contributed by atoms with Crippen LogP contribution in [0.25, 0.3) is 10.9 Å². The SMILES string of the molecule is CC(N)C(=O)NC(CO)C(=O)NC(Cc1c[nH]c2ccccc12)C(=O)NCC(=O)O. The highest BCUT2D eigenvalue weighted by atomic mass is 16.4. The van der Waals surface area contributed by atoms with E-state index < -0.39 is 55.0 Å². The number of aliphatic carboxylic acids is 1. The summed E-state index contributed by atoms with van der Waals surface area (Å²) >= 11 is 0. The number of carbonyl (C=O) groups excluding carboxylic acids is 3. The van der Waals surface area contributed by atoms with Gasteiger partial charge >= 0.3 is 5.97 Å². The van der Waals surface area contributed by atoms with Gasteiger partial charge in [0, 0.05) is 23.5 Å².